The number of esters is 1. The highest BCUT2D eigenvalue weighted by Crippen LogP contribution is 2.29. The van der Waals surface area contributed by atoms with Crippen LogP contribution in [0.4, 0.5) is 0 Å². The topological polar surface area (TPSA) is 123 Å². The van der Waals surface area contributed by atoms with Crippen molar-refractivity contribution in [2.45, 2.75) is 46.4 Å². The zero-order valence-electron chi connectivity index (χ0n) is 20.6. The summed E-state index contributed by atoms with van der Waals surface area (Å²) in [5, 5.41) is 3.58. The molecular formula is C25H33N5O4S. The lowest BCUT2D eigenvalue weighted by Gasteiger charge is -2.33. The van der Waals surface area contributed by atoms with E-state index in [0.29, 0.717) is 30.9 Å². The number of aryl methyl sites for hydroxylation is 1. The van der Waals surface area contributed by atoms with Crippen molar-refractivity contribution in [2.24, 2.45) is 16.3 Å². The average Bonchev–Trinajstić information content (AvgIpc) is 2.83. The summed E-state index contributed by atoms with van der Waals surface area (Å²) < 4.78 is 17.0. The number of rotatable bonds is 12. The van der Waals surface area contributed by atoms with Crippen LogP contribution >= 0.6 is 12.2 Å². The summed E-state index contributed by atoms with van der Waals surface area (Å²) in [6.07, 6.45) is 0.551. The molecule has 0 aromatic heterocycles. The predicted octanol–water partition coefficient (Wildman–Crippen LogP) is 4.98. The molecule has 188 valence electrons. The van der Waals surface area contributed by atoms with Crippen molar-refractivity contribution in [3.8, 4) is 11.5 Å². The monoisotopic (exact) mass is 499 g/mol. The second-order valence-electron chi connectivity index (χ2n) is 8.89. The summed E-state index contributed by atoms with van der Waals surface area (Å²) in [7, 11) is 1.54. The van der Waals surface area contributed by atoms with Crippen LogP contribution in [0.3, 0.4) is 0 Å². The smallest absolute Gasteiger partial charge is 0.313 e. The number of methoxy groups -OCH3 is 1. The lowest BCUT2D eigenvalue weighted by atomic mass is 9.97. The molecule has 10 heteroatoms. The third kappa shape index (κ3) is 8.99. The van der Waals surface area contributed by atoms with Gasteiger partial charge in [-0.25, -0.2) is 0 Å². The maximum atomic E-state index is 12.8. The van der Waals surface area contributed by atoms with Crippen LogP contribution in [0.2, 0.25) is 0 Å². The molecule has 1 atom stereocenters. The van der Waals surface area contributed by atoms with E-state index in [-0.39, 0.29) is 24.2 Å². The molecule has 35 heavy (non-hydrogen) atoms. The van der Waals surface area contributed by atoms with E-state index in [0.717, 1.165) is 11.1 Å². The fraction of sp³-hybridized carbons (Fsp3) is 0.440. The molecule has 2 rings (SSSR count). The fourth-order valence-corrected chi connectivity index (χ4v) is 3.38. The molecule has 0 aliphatic rings. The molecule has 0 spiro atoms. The van der Waals surface area contributed by atoms with Crippen molar-refractivity contribution in [1.29, 1.82) is 0 Å². The number of carbonyl (C=O) groups is 1. The van der Waals surface area contributed by atoms with E-state index in [1.807, 2.05) is 42.5 Å². The van der Waals surface area contributed by atoms with E-state index in [9.17, 15) is 4.79 Å². The molecule has 1 unspecified atom stereocenters. The van der Waals surface area contributed by atoms with E-state index in [2.05, 4.69) is 10.0 Å². The lowest BCUT2D eigenvalue weighted by molar-refractivity contribution is -0.166. The maximum absolute atomic E-state index is 12.8. The quantitative estimate of drug-likeness (QED) is 0.0831. The van der Waals surface area contributed by atoms with Crippen molar-refractivity contribution in [3.63, 3.8) is 0 Å². The third-order valence-corrected chi connectivity index (χ3v) is 5.34. The summed E-state index contributed by atoms with van der Waals surface area (Å²) in [4.78, 5) is 17.2. The molecule has 9 nitrogen and oxygen atoms in total. The summed E-state index contributed by atoms with van der Waals surface area (Å²) in [5.74, 6) is 0.697. The van der Waals surface area contributed by atoms with Gasteiger partial charge in [-0.05, 0) is 68.2 Å². The Balaban J connectivity index is 2.25. The molecule has 0 heterocycles. The third-order valence-electron chi connectivity index (χ3n) is 5.10. The first-order valence-electron chi connectivity index (χ1n) is 11.3. The molecule has 0 saturated heterocycles. The van der Waals surface area contributed by atoms with Crippen LogP contribution in [0.1, 0.15) is 38.3 Å². The first-order chi connectivity index (χ1) is 16.7. The van der Waals surface area contributed by atoms with Gasteiger partial charge in [0.1, 0.15) is 0 Å². The van der Waals surface area contributed by atoms with E-state index < -0.39 is 11.6 Å². The number of carbonyl (C=O) groups excluding carboxylic acids is 1. The molecular weight excluding hydrogens is 466 g/mol. The first-order valence-corrected chi connectivity index (χ1v) is 11.7. The Hall–Kier alpha value is -3.49. The molecule has 0 fully saturated rings. The van der Waals surface area contributed by atoms with Gasteiger partial charge in [-0.15, -0.1) is 0 Å². The summed E-state index contributed by atoms with van der Waals surface area (Å²) in [6.45, 7) is 6.16. The fourth-order valence-electron chi connectivity index (χ4n) is 3.20. The normalized spacial score (nSPS) is 11.7. The first kappa shape index (κ1) is 27.8. The zero-order chi connectivity index (χ0) is 25.8. The Bertz CT molecular complexity index is 1040. The molecule has 0 saturated carbocycles. The van der Waals surface area contributed by atoms with Gasteiger partial charge in [0.05, 0.1) is 25.7 Å². The Labute approximate surface area is 211 Å². The van der Waals surface area contributed by atoms with Gasteiger partial charge < -0.3 is 24.8 Å². The molecule has 0 aliphatic heterocycles. The Morgan fingerprint density at radius 1 is 1.17 bits per heavy atom. The molecule has 0 amide bonds. The highest BCUT2D eigenvalue weighted by Gasteiger charge is 2.30. The van der Waals surface area contributed by atoms with Gasteiger partial charge in [-0.1, -0.05) is 41.5 Å². The SMILES string of the molecule is COc1cc(CN(C(N)=S)C(CCc2ccccc2)OC(=O)C(C)(C)C)ccc1OCCN=[N+]=[N-]. The van der Waals surface area contributed by atoms with Crippen molar-refractivity contribution in [1.82, 2.24) is 4.90 Å². The Kier molecular flexibility index (Phi) is 10.6. The zero-order valence-corrected chi connectivity index (χ0v) is 21.5. The standard InChI is InChI=1S/C25H33N5O4S/c1-25(2,3)23(31)34-22(13-11-18-8-6-5-7-9-18)30(24(26)35)17-19-10-12-20(21(16-19)32-4)33-15-14-28-29-27/h5-10,12,16,22H,11,13-15,17H2,1-4H3,(H2,26,35). The Morgan fingerprint density at radius 2 is 1.89 bits per heavy atom. The van der Waals surface area contributed by atoms with Gasteiger partial charge >= 0.3 is 5.97 Å². The molecule has 2 aromatic carbocycles. The molecule has 0 aliphatic carbocycles. The van der Waals surface area contributed by atoms with Gasteiger partial charge in [0.2, 0.25) is 0 Å². The van der Waals surface area contributed by atoms with Crippen LogP contribution < -0.4 is 15.2 Å². The van der Waals surface area contributed by atoms with E-state index in [1.54, 1.807) is 38.8 Å². The number of azide groups is 1. The van der Waals surface area contributed by atoms with Gasteiger partial charge in [0, 0.05) is 17.9 Å². The van der Waals surface area contributed by atoms with Crippen molar-refractivity contribution in [3.05, 3.63) is 70.1 Å². The van der Waals surface area contributed by atoms with E-state index in [4.69, 9.17) is 37.7 Å². The minimum Gasteiger partial charge on any atom is -0.493 e. The molecule has 0 bridgehead atoms. The van der Waals surface area contributed by atoms with Gasteiger partial charge in [0.25, 0.3) is 0 Å². The summed E-state index contributed by atoms with van der Waals surface area (Å²) in [5.41, 5.74) is 15.8. The van der Waals surface area contributed by atoms with Crippen LogP contribution in [-0.4, -0.2) is 42.5 Å². The van der Waals surface area contributed by atoms with Crippen molar-refractivity contribution < 1.29 is 19.0 Å². The number of ether oxygens (including phenoxy) is 3. The molecule has 2 N–H and O–H groups in total. The second kappa shape index (κ2) is 13.4. The predicted molar refractivity (Wildman–Crippen MR) is 139 cm³/mol. The maximum Gasteiger partial charge on any atom is 0.313 e. The van der Waals surface area contributed by atoms with Crippen LogP contribution in [-0.2, 0) is 22.5 Å². The number of hydrogen-bond donors (Lipinski definition) is 1. The van der Waals surface area contributed by atoms with E-state index in [1.165, 1.54) is 0 Å². The highest BCUT2D eigenvalue weighted by atomic mass is 32.1. The van der Waals surface area contributed by atoms with Crippen LogP contribution in [0.25, 0.3) is 10.4 Å². The number of benzene rings is 2. The number of thiocarbonyl (C=S) groups is 1. The highest BCUT2D eigenvalue weighted by molar-refractivity contribution is 7.80. The van der Waals surface area contributed by atoms with Gasteiger partial charge in [-0.2, -0.15) is 0 Å². The van der Waals surface area contributed by atoms with Crippen LogP contribution in [0, 0.1) is 5.41 Å². The molecule has 2 aromatic rings. The van der Waals surface area contributed by atoms with Crippen molar-refractivity contribution in [2.75, 3.05) is 20.3 Å². The average molecular weight is 500 g/mol. The lowest BCUT2D eigenvalue weighted by Crippen LogP contribution is -2.46. The summed E-state index contributed by atoms with van der Waals surface area (Å²) in [6, 6.07) is 15.4. The minimum atomic E-state index is -0.676. The molecule has 0 radical (unpaired) electrons. The van der Waals surface area contributed by atoms with Gasteiger partial charge in [-0.3, -0.25) is 4.79 Å². The van der Waals surface area contributed by atoms with Crippen LogP contribution in [0.15, 0.2) is 53.6 Å². The van der Waals surface area contributed by atoms with Gasteiger partial charge in [0.15, 0.2) is 22.8 Å². The number of nitrogens with two attached hydrogens (primary N) is 1. The minimum absolute atomic E-state index is 0.124. The van der Waals surface area contributed by atoms with Crippen molar-refractivity contribution >= 4 is 23.3 Å². The number of nitrogens with zero attached hydrogens (tertiary/aromatic N) is 4. The number of hydrogen-bond acceptors (Lipinski definition) is 6. The second-order valence-corrected chi connectivity index (χ2v) is 9.31. The Morgan fingerprint density at radius 3 is 2.49 bits per heavy atom. The summed E-state index contributed by atoms with van der Waals surface area (Å²) >= 11 is 5.36. The van der Waals surface area contributed by atoms with E-state index >= 15 is 0 Å². The van der Waals surface area contributed by atoms with Crippen LogP contribution in [0.5, 0.6) is 11.5 Å². The largest absolute Gasteiger partial charge is 0.493 e.